The summed E-state index contributed by atoms with van der Waals surface area (Å²) < 4.78 is 0. The molecule has 0 aliphatic rings. The maximum absolute atomic E-state index is 11.7. The number of phenols is 1. The molecule has 2 aromatic rings. The van der Waals surface area contributed by atoms with Crippen molar-refractivity contribution >= 4 is 22.4 Å². The fourth-order valence-electron chi connectivity index (χ4n) is 1.73. The van der Waals surface area contributed by atoms with Crippen molar-refractivity contribution in [1.29, 1.82) is 0 Å². The monoisotopic (exact) mass is 245 g/mol. The standard InChI is InChI=1S/C14H15NO3/c1-9(8-16)14(18)15-12-6-7-13(17)11-5-3-2-4-10(11)12/h2-7,9,16-17H,8H2,1H3,(H,15,18)/t9-/m0/s1. The van der Waals surface area contributed by atoms with Crippen LogP contribution in [0.1, 0.15) is 6.92 Å². The smallest absolute Gasteiger partial charge is 0.229 e. The summed E-state index contributed by atoms with van der Waals surface area (Å²) in [5.41, 5.74) is 0.633. The average molecular weight is 245 g/mol. The lowest BCUT2D eigenvalue weighted by molar-refractivity contribution is -0.120. The molecule has 0 heterocycles. The highest BCUT2D eigenvalue weighted by atomic mass is 16.3. The Balaban J connectivity index is 2.40. The second-order valence-corrected chi connectivity index (χ2v) is 4.25. The predicted octanol–water partition coefficient (Wildman–Crippen LogP) is 2.11. The molecule has 0 unspecified atom stereocenters. The Bertz CT molecular complexity index is 580. The molecule has 0 spiro atoms. The number of nitrogens with one attached hydrogen (secondary N) is 1. The summed E-state index contributed by atoms with van der Waals surface area (Å²) in [6.45, 7) is 1.46. The number of aliphatic hydroxyl groups excluding tert-OH is 1. The summed E-state index contributed by atoms with van der Waals surface area (Å²) in [4.78, 5) is 11.7. The molecule has 4 heteroatoms. The molecule has 0 aliphatic carbocycles. The first kappa shape index (κ1) is 12.4. The minimum atomic E-state index is -0.461. The minimum absolute atomic E-state index is 0.179. The van der Waals surface area contributed by atoms with Crippen LogP contribution in [0.2, 0.25) is 0 Å². The Kier molecular flexibility index (Phi) is 3.48. The number of carbonyl (C=O) groups is 1. The van der Waals surface area contributed by atoms with Crippen LogP contribution in [0.5, 0.6) is 5.75 Å². The van der Waals surface area contributed by atoms with Crippen LogP contribution in [0.15, 0.2) is 36.4 Å². The van der Waals surface area contributed by atoms with Crippen molar-refractivity contribution in [2.24, 2.45) is 5.92 Å². The molecule has 0 aliphatic heterocycles. The van der Waals surface area contributed by atoms with Gasteiger partial charge in [-0.1, -0.05) is 31.2 Å². The third kappa shape index (κ3) is 2.28. The molecular weight excluding hydrogens is 230 g/mol. The van der Waals surface area contributed by atoms with E-state index in [1.807, 2.05) is 18.2 Å². The van der Waals surface area contributed by atoms with Crippen molar-refractivity contribution in [3.05, 3.63) is 36.4 Å². The number of aliphatic hydroxyl groups is 1. The molecule has 0 bridgehead atoms. The van der Waals surface area contributed by atoms with E-state index in [0.717, 1.165) is 5.39 Å². The predicted molar refractivity (Wildman–Crippen MR) is 70.5 cm³/mol. The van der Waals surface area contributed by atoms with Crippen molar-refractivity contribution in [3.63, 3.8) is 0 Å². The molecule has 1 amide bonds. The van der Waals surface area contributed by atoms with Gasteiger partial charge >= 0.3 is 0 Å². The fourth-order valence-corrected chi connectivity index (χ4v) is 1.73. The summed E-state index contributed by atoms with van der Waals surface area (Å²) in [7, 11) is 0. The zero-order chi connectivity index (χ0) is 13.1. The topological polar surface area (TPSA) is 69.6 Å². The van der Waals surface area contributed by atoms with E-state index in [2.05, 4.69) is 5.32 Å². The molecule has 0 radical (unpaired) electrons. The van der Waals surface area contributed by atoms with Gasteiger partial charge in [0.25, 0.3) is 0 Å². The van der Waals surface area contributed by atoms with E-state index in [-0.39, 0.29) is 18.3 Å². The van der Waals surface area contributed by atoms with Gasteiger partial charge in [-0.15, -0.1) is 0 Å². The zero-order valence-corrected chi connectivity index (χ0v) is 10.1. The number of phenolic OH excluding ortho intramolecular Hbond substituents is 1. The van der Waals surface area contributed by atoms with Gasteiger partial charge in [-0.25, -0.2) is 0 Å². The largest absolute Gasteiger partial charge is 0.507 e. The number of amides is 1. The van der Waals surface area contributed by atoms with Crippen LogP contribution in [0, 0.1) is 5.92 Å². The van der Waals surface area contributed by atoms with Gasteiger partial charge in [-0.05, 0) is 12.1 Å². The molecule has 0 aromatic heterocycles. The fraction of sp³-hybridized carbons (Fsp3) is 0.214. The van der Waals surface area contributed by atoms with Gasteiger partial charge in [0.05, 0.1) is 12.5 Å². The highest BCUT2D eigenvalue weighted by Gasteiger charge is 2.13. The summed E-state index contributed by atoms with van der Waals surface area (Å²) in [6, 6.07) is 10.5. The Morgan fingerprint density at radius 2 is 1.89 bits per heavy atom. The van der Waals surface area contributed by atoms with Crippen molar-refractivity contribution in [2.45, 2.75) is 6.92 Å². The third-order valence-corrected chi connectivity index (χ3v) is 2.88. The second-order valence-electron chi connectivity index (χ2n) is 4.25. The van der Waals surface area contributed by atoms with E-state index in [4.69, 9.17) is 5.11 Å². The van der Waals surface area contributed by atoms with Crippen molar-refractivity contribution in [1.82, 2.24) is 0 Å². The van der Waals surface area contributed by atoms with E-state index >= 15 is 0 Å². The summed E-state index contributed by atoms with van der Waals surface area (Å²) >= 11 is 0. The Hall–Kier alpha value is -2.07. The van der Waals surface area contributed by atoms with Crippen LogP contribution in [0.3, 0.4) is 0 Å². The van der Waals surface area contributed by atoms with E-state index in [9.17, 15) is 9.90 Å². The van der Waals surface area contributed by atoms with Crippen molar-refractivity contribution in [2.75, 3.05) is 11.9 Å². The first-order valence-electron chi connectivity index (χ1n) is 5.76. The maximum Gasteiger partial charge on any atom is 0.229 e. The van der Waals surface area contributed by atoms with E-state index < -0.39 is 5.92 Å². The van der Waals surface area contributed by atoms with Crippen molar-refractivity contribution in [3.8, 4) is 5.75 Å². The number of rotatable bonds is 3. The number of hydrogen-bond acceptors (Lipinski definition) is 3. The number of hydrogen-bond donors (Lipinski definition) is 3. The maximum atomic E-state index is 11.7. The molecule has 0 fully saturated rings. The van der Waals surface area contributed by atoms with E-state index in [1.165, 1.54) is 0 Å². The normalized spacial score (nSPS) is 12.3. The first-order valence-corrected chi connectivity index (χ1v) is 5.76. The van der Waals surface area contributed by atoms with E-state index in [1.54, 1.807) is 25.1 Å². The lowest BCUT2D eigenvalue weighted by Crippen LogP contribution is -2.23. The number of benzene rings is 2. The molecule has 3 N–H and O–H groups in total. The Labute approximate surface area is 105 Å². The lowest BCUT2D eigenvalue weighted by atomic mass is 10.1. The SMILES string of the molecule is C[C@@H](CO)C(=O)Nc1ccc(O)c2ccccc12. The average Bonchev–Trinajstić information content (AvgIpc) is 2.41. The molecule has 94 valence electrons. The molecule has 0 saturated heterocycles. The summed E-state index contributed by atoms with van der Waals surface area (Å²) in [5, 5.41) is 22.9. The summed E-state index contributed by atoms with van der Waals surface area (Å²) in [5.74, 6) is -0.523. The Morgan fingerprint density at radius 3 is 2.56 bits per heavy atom. The van der Waals surface area contributed by atoms with Gasteiger partial charge in [0.2, 0.25) is 5.91 Å². The summed E-state index contributed by atoms with van der Waals surface area (Å²) in [6.07, 6.45) is 0. The number of carbonyl (C=O) groups excluding carboxylic acids is 1. The molecular formula is C14H15NO3. The van der Waals surface area contributed by atoms with Crippen LogP contribution in [-0.4, -0.2) is 22.7 Å². The highest BCUT2D eigenvalue weighted by molar-refractivity contribution is 6.04. The highest BCUT2D eigenvalue weighted by Crippen LogP contribution is 2.30. The van der Waals surface area contributed by atoms with Crippen LogP contribution >= 0.6 is 0 Å². The minimum Gasteiger partial charge on any atom is -0.507 e. The van der Waals surface area contributed by atoms with Gasteiger partial charge in [-0.2, -0.15) is 0 Å². The first-order chi connectivity index (χ1) is 8.63. The number of fused-ring (bicyclic) bond motifs is 1. The number of anilines is 1. The van der Waals surface area contributed by atoms with Crippen molar-refractivity contribution < 1.29 is 15.0 Å². The molecule has 2 aromatic carbocycles. The van der Waals surface area contributed by atoms with Crippen LogP contribution in [0.4, 0.5) is 5.69 Å². The quantitative estimate of drug-likeness (QED) is 0.725. The van der Waals surface area contributed by atoms with Gasteiger partial charge < -0.3 is 15.5 Å². The molecule has 0 saturated carbocycles. The van der Waals surface area contributed by atoms with Gasteiger partial charge in [0, 0.05) is 16.5 Å². The number of aromatic hydroxyl groups is 1. The molecule has 4 nitrogen and oxygen atoms in total. The van der Waals surface area contributed by atoms with Crippen LogP contribution < -0.4 is 5.32 Å². The molecule has 1 atom stereocenters. The zero-order valence-electron chi connectivity index (χ0n) is 10.1. The van der Waals surface area contributed by atoms with Gasteiger partial charge in [0.15, 0.2) is 0 Å². The molecule has 18 heavy (non-hydrogen) atoms. The lowest BCUT2D eigenvalue weighted by Gasteiger charge is -2.12. The van der Waals surface area contributed by atoms with E-state index in [0.29, 0.717) is 11.1 Å². The Morgan fingerprint density at radius 1 is 1.22 bits per heavy atom. The second kappa shape index (κ2) is 5.06. The van der Waals surface area contributed by atoms with Gasteiger partial charge in [0.1, 0.15) is 5.75 Å². The van der Waals surface area contributed by atoms with Crippen LogP contribution in [-0.2, 0) is 4.79 Å². The van der Waals surface area contributed by atoms with Crippen LogP contribution in [0.25, 0.3) is 10.8 Å². The third-order valence-electron chi connectivity index (χ3n) is 2.88. The van der Waals surface area contributed by atoms with Gasteiger partial charge in [-0.3, -0.25) is 4.79 Å². The molecule has 2 rings (SSSR count).